The zero-order valence-electron chi connectivity index (χ0n) is 12.2. The summed E-state index contributed by atoms with van der Waals surface area (Å²) in [6, 6.07) is 13.7. The molecular formula is C17H15NO4S. The molecule has 5 nitrogen and oxygen atoms in total. The van der Waals surface area contributed by atoms with Crippen LogP contribution in [-0.2, 0) is 16.0 Å². The van der Waals surface area contributed by atoms with Gasteiger partial charge in [0, 0.05) is 16.0 Å². The van der Waals surface area contributed by atoms with Crippen LogP contribution in [0.3, 0.4) is 0 Å². The molecule has 0 aliphatic rings. The van der Waals surface area contributed by atoms with E-state index < -0.39 is 18.4 Å². The van der Waals surface area contributed by atoms with E-state index in [1.807, 2.05) is 6.07 Å². The molecule has 0 heterocycles. The van der Waals surface area contributed by atoms with Gasteiger partial charge >= 0.3 is 5.97 Å². The number of rotatable bonds is 6. The smallest absolute Gasteiger partial charge is 0.322 e. The van der Waals surface area contributed by atoms with Crippen LogP contribution < -0.4 is 5.32 Å². The number of amides is 1. The fraction of sp³-hybridized carbons (Fsp3) is 0.118. The summed E-state index contributed by atoms with van der Waals surface area (Å²) in [7, 11) is 0. The second kappa shape index (κ2) is 7.60. The maximum absolute atomic E-state index is 12.7. The van der Waals surface area contributed by atoms with Gasteiger partial charge in [0.2, 0.25) is 5.91 Å². The molecular weight excluding hydrogens is 314 g/mol. The Morgan fingerprint density at radius 1 is 1.00 bits per heavy atom. The lowest BCUT2D eigenvalue weighted by Crippen LogP contribution is -2.31. The zero-order chi connectivity index (χ0) is 16.8. The molecule has 0 aromatic heterocycles. The van der Waals surface area contributed by atoms with Crippen molar-refractivity contribution in [2.75, 3.05) is 6.54 Å². The van der Waals surface area contributed by atoms with Crippen molar-refractivity contribution in [3.05, 3.63) is 65.2 Å². The lowest BCUT2D eigenvalue weighted by Gasteiger charge is -2.11. The average Bonchev–Trinajstić information content (AvgIpc) is 2.53. The Balaban J connectivity index is 2.28. The molecule has 1 amide bonds. The first-order chi connectivity index (χ1) is 11.0. The van der Waals surface area contributed by atoms with E-state index in [2.05, 4.69) is 17.9 Å². The van der Waals surface area contributed by atoms with E-state index in [0.717, 1.165) is 0 Å². The summed E-state index contributed by atoms with van der Waals surface area (Å²) in [6.07, 6.45) is -0.0877. The monoisotopic (exact) mass is 329 g/mol. The van der Waals surface area contributed by atoms with Crippen LogP contribution in [0.4, 0.5) is 0 Å². The van der Waals surface area contributed by atoms with Crippen LogP contribution in [0.2, 0.25) is 0 Å². The van der Waals surface area contributed by atoms with Crippen molar-refractivity contribution in [2.24, 2.45) is 0 Å². The number of carbonyl (C=O) groups is 3. The van der Waals surface area contributed by atoms with Gasteiger partial charge in [0.1, 0.15) is 6.54 Å². The van der Waals surface area contributed by atoms with Crippen molar-refractivity contribution in [1.29, 1.82) is 0 Å². The Kier molecular flexibility index (Phi) is 5.54. The van der Waals surface area contributed by atoms with E-state index in [0.29, 0.717) is 21.6 Å². The van der Waals surface area contributed by atoms with Gasteiger partial charge in [-0.2, -0.15) is 0 Å². The molecule has 2 aromatic rings. The van der Waals surface area contributed by atoms with Crippen molar-refractivity contribution in [2.45, 2.75) is 11.3 Å². The highest BCUT2D eigenvalue weighted by atomic mass is 32.1. The van der Waals surface area contributed by atoms with Crippen LogP contribution in [0.1, 0.15) is 21.5 Å². The van der Waals surface area contributed by atoms with Crippen LogP contribution in [0.25, 0.3) is 0 Å². The van der Waals surface area contributed by atoms with Crippen LogP contribution in [0.5, 0.6) is 0 Å². The molecule has 2 aromatic carbocycles. The zero-order valence-corrected chi connectivity index (χ0v) is 13.0. The number of benzene rings is 2. The third-order valence-electron chi connectivity index (χ3n) is 3.18. The van der Waals surface area contributed by atoms with Gasteiger partial charge in [0.05, 0.1) is 6.42 Å². The van der Waals surface area contributed by atoms with E-state index >= 15 is 0 Å². The van der Waals surface area contributed by atoms with Gasteiger partial charge in [-0.1, -0.05) is 42.5 Å². The van der Waals surface area contributed by atoms with Crippen LogP contribution in [0.15, 0.2) is 53.4 Å². The number of hydrogen-bond acceptors (Lipinski definition) is 4. The minimum absolute atomic E-state index is 0.0877. The standard InChI is InChI=1S/C17H15NO4S/c19-14(18-10-15(20)21)9-12-7-4-8-13(23)16(12)17(22)11-5-2-1-3-6-11/h1-8,23H,9-10H2,(H,18,19)(H,20,21). The Bertz CT molecular complexity index is 744. The molecule has 0 atom stereocenters. The minimum Gasteiger partial charge on any atom is -0.480 e. The summed E-state index contributed by atoms with van der Waals surface area (Å²) in [5, 5.41) is 10.9. The quantitative estimate of drug-likeness (QED) is 0.559. The molecule has 0 saturated carbocycles. The number of carboxylic acids is 1. The maximum atomic E-state index is 12.7. The summed E-state index contributed by atoms with van der Waals surface area (Å²) in [6.45, 7) is -0.457. The fourth-order valence-corrected chi connectivity index (χ4v) is 2.47. The summed E-state index contributed by atoms with van der Waals surface area (Å²) >= 11 is 4.32. The molecule has 0 radical (unpaired) electrons. The second-order valence-electron chi connectivity index (χ2n) is 4.85. The molecule has 0 aliphatic carbocycles. The Morgan fingerprint density at radius 2 is 1.70 bits per heavy atom. The number of aliphatic carboxylic acids is 1. The molecule has 2 N–H and O–H groups in total. The summed E-state index contributed by atoms with van der Waals surface area (Å²) in [4.78, 5) is 35.5. The first-order valence-electron chi connectivity index (χ1n) is 6.88. The van der Waals surface area contributed by atoms with E-state index in [1.165, 1.54) is 0 Å². The second-order valence-corrected chi connectivity index (χ2v) is 5.34. The number of thiol groups is 1. The molecule has 0 unspecified atom stereocenters. The van der Waals surface area contributed by atoms with Crippen molar-refractivity contribution >= 4 is 30.3 Å². The minimum atomic E-state index is -1.12. The van der Waals surface area contributed by atoms with Gasteiger partial charge in [0.15, 0.2) is 5.78 Å². The van der Waals surface area contributed by atoms with Gasteiger partial charge in [0.25, 0.3) is 0 Å². The van der Waals surface area contributed by atoms with E-state index in [1.54, 1.807) is 42.5 Å². The van der Waals surface area contributed by atoms with Crippen molar-refractivity contribution in [3.63, 3.8) is 0 Å². The number of carbonyl (C=O) groups excluding carboxylic acids is 2. The number of nitrogens with one attached hydrogen (secondary N) is 1. The van der Waals surface area contributed by atoms with Gasteiger partial charge in [-0.25, -0.2) is 0 Å². The van der Waals surface area contributed by atoms with Crippen molar-refractivity contribution in [1.82, 2.24) is 5.32 Å². The molecule has 0 bridgehead atoms. The predicted octanol–water partition coefficient (Wildman–Crippen LogP) is 1.95. The molecule has 23 heavy (non-hydrogen) atoms. The highest BCUT2D eigenvalue weighted by Gasteiger charge is 2.18. The van der Waals surface area contributed by atoms with Crippen LogP contribution in [-0.4, -0.2) is 29.3 Å². The van der Waals surface area contributed by atoms with Gasteiger partial charge in [-0.15, -0.1) is 12.6 Å². The lowest BCUT2D eigenvalue weighted by molar-refractivity contribution is -0.137. The largest absolute Gasteiger partial charge is 0.480 e. The topological polar surface area (TPSA) is 83.5 Å². The SMILES string of the molecule is O=C(O)CNC(=O)Cc1cccc(S)c1C(=O)c1ccccc1. The Hall–Kier alpha value is -2.60. The molecule has 0 fully saturated rings. The Morgan fingerprint density at radius 3 is 2.35 bits per heavy atom. The number of ketones is 1. The van der Waals surface area contributed by atoms with Crippen molar-refractivity contribution in [3.8, 4) is 0 Å². The fourth-order valence-electron chi connectivity index (χ4n) is 2.14. The molecule has 0 saturated heterocycles. The first-order valence-corrected chi connectivity index (χ1v) is 7.33. The average molecular weight is 329 g/mol. The third kappa shape index (κ3) is 4.43. The summed E-state index contributed by atoms with van der Waals surface area (Å²) in [5.41, 5.74) is 1.36. The molecule has 118 valence electrons. The molecule has 6 heteroatoms. The highest BCUT2D eigenvalue weighted by Crippen LogP contribution is 2.22. The van der Waals surface area contributed by atoms with E-state index in [-0.39, 0.29) is 12.2 Å². The van der Waals surface area contributed by atoms with E-state index in [9.17, 15) is 14.4 Å². The lowest BCUT2D eigenvalue weighted by atomic mass is 9.96. The Labute approximate surface area is 138 Å². The van der Waals surface area contributed by atoms with Gasteiger partial charge in [-0.05, 0) is 11.6 Å². The molecule has 0 aliphatic heterocycles. The first kappa shape index (κ1) is 16.8. The molecule has 0 spiro atoms. The normalized spacial score (nSPS) is 10.1. The van der Waals surface area contributed by atoms with E-state index in [4.69, 9.17) is 5.11 Å². The van der Waals surface area contributed by atoms with Crippen molar-refractivity contribution < 1.29 is 19.5 Å². The van der Waals surface area contributed by atoms with Gasteiger partial charge < -0.3 is 10.4 Å². The maximum Gasteiger partial charge on any atom is 0.322 e. The van der Waals surface area contributed by atoms with Gasteiger partial charge in [-0.3, -0.25) is 14.4 Å². The number of carboxylic acid groups (broad SMARTS) is 1. The van der Waals surface area contributed by atoms with Crippen LogP contribution >= 0.6 is 12.6 Å². The highest BCUT2D eigenvalue weighted by molar-refractivity contribution is 7.80. The van der Waals surface area contributed by atoms with Crippen LogP contribution in [0, 0.1) is 0 Å². The molecule has 2 rings (SSSR count). The summed E-state index contributed by atoms with van der Waals surface area (Å²) in [5.74, 6) is -1.81. The summed E-state index contributed by atoms with van der Waals surface area (Å²) < 4.78 is 0. The third-order valence-corrected chi connectivity index (χ3v) is 3.55. The predicted molar refractivity (Wildman–Crippen MR) is 87.9 cm³/mol. The number of hydrogen-bond donors (Lipinski definition) is 3.